The highest BCUT2D eigenvalue weighted by atomic mass is 32.1. The summed E-state index contributed by atoms with van der Waals surface area (Å²) < 4.78 is 0. The van der Waals surface area contributed by atoms with Crippen molar-refractivity contribution in [3.63, 3.8) is 0 Å². The topological polar surface area (TPSA) is 70.5 Å². The maximum Gasteiger partial charge on any atom is 0.323 e. The fourth-order valence-electron chi connectivity index (χ4n) is 2.04. The molecule has 0 aliphatic heterocycles. The highest BCUT2D eigenvalue weighted by molar-refractivity contribution is 7.09. The molecule has 2 rings (SSSR count). The van der Waals surface area contributed by atoms with Crippen LogP contribution in [0.4, 0.5) is 0 Å². The first-order chi connectivity index (χ1) is 9.06. The highest BCUT2D eigenvalue weighted by Crippen LogP contribution is 2.27. The number of hydrogen-bond donors (Lipinski definition) is 1. The summed E-state index contributed by atoms with van der Waals surface area (Å²) >= 11 is 1.61. The Balaban J connectivity index is 1.77. The number of thiazole rings is 1. The van der Waals surface area contributed by atoms with E-state index in [2.05, 4.69) is 4.98 Å². The molecule has 0 atom stereocenters. The second-order valence-electron chi connectivity index (χ2n) is 4.86. The zero-order valence-electron chi connectivity index (χ0n) is 11.0. The van der Waals surface area contributed by atoms with Crippen molar-refractivity contribution in [2.24, 2.45) is 0 Å². The average molecular weight is 282 g/mol. The van der Waals surface area contributed by atoms with Crippen LogP contribution in [0.3, 0.4) is 0 Å². The quantitative estimate of drug-likeness (QED) is 0.828. The van der Waals surface area contributed by atoms with Gasteiger partial charge in [-0.3, -0.25) is 9.59 Å². The Morgan fingerprint density at radius 3 is 2.79 bits per heavy atom. The summed E-state index contributed by atoms with van der Waals surface area (Å²) in [6.07, 6.45) is 3.78. The molecule has 1 heterocycles. The van der Waals surface area contributed by atoms with E-state index in [1.54, 1.807) is 11.3 Å². The number of aromatic nitrogens is 1. The molecule has 1 saturated carbocycles. The zero-order chi connectivity index (χ0) is 13.8. The molecule has 0 bridgehead atoms. The molecular weight excluding hydrogens is 264 g/mol. The molecule has 0 spiro atoms. The van der Waals surface area contributed by atoms with Crippen LogP contribution in [-0.4, -0.2) is 39.5 Å². The fraction of sp³-hybridized carbons (Fsp3) is 0.615. The molecule has 1 aliphatic rings. The van der Waals surface area contributed by atoms with Crippen LogP contribution in [0.25, 0.3) is 0 Å². The van der Waals surface area contributed by atoms with Gasteiger partial charge in [-0.1, -0.05) is 0 Å². The summed E-state index contributed by atoms with van der Waals surface area (Å²) in [6, 6.07) is 0.158. The molecule has 104 valence electrons. The van der Waals surface area contributed by atoms with E-state index in [9.17, 15) is 9.59 Å². The maximum atomic E-state index is 12.0. The molecule has 19 heavy (non-hydrogen) atoms. The second kappa shape index (κ2) is 6.14. The van der Waals surface area contributed by atoms with Gasteiger partial charge in [-0.15, -0.1) is 11.3 Å². The number of carboxylic acid groups (broad SMARTS) is 1. The van der Waals surface area contributed by atoms with Gasteiger partial charge in [-0.25, -0.2) is 4.98 Å². The van der Waals surface area contributed by atoms with E-state index in [0.717, 1.165) is 36.4 Å². The van der Waals surface area contributed by atoms with E-state index in [1.807, 2.05) is 12.3 Å². The van der Waals surface area contributed by atoms with Crippen molar-refractivity contribution in [1.82, 2.24) is 9.88 Å². The van der Waals surface area contributed by atoms with E-state index in [4.69, 9.17) is 5.11 Å². The van der Waals surface area contributed by atoms with Crippen molar-refractivity contribution in [3.05, 3.63) is 16.1 Å². The lowest BCUT2D eigenvalue weighted by molar-refractivity contribution is -0.144. The predicted molar refractivity (Wildman–Crippen MR) is 72.2 cm³/mol. The molecule has 5 nitrogen and oxygen atoms in total. The average Bonchev–Trinajstić information content (AvgIpc) is 3.10. The van der Waals surface area contributed by atoms with Crippen LogP contribution in [0, 0.1) is 6.92 Å². The van der Waals surface area contributed by atoms with Crippen LogP contribution in [0.2, 0.25) is 0 Å². The van der Waals surface area contributed by atoms with E-state index in [1.165, 1.54) is 4.90 Å². The molecule has 1 fully saturated rings. The predicted octanol–water partition coefficient (Wildman–Crippen LogP) is 1.85. The van der Waals surface area contributed by atoms with Gasteiger partial charge in [0.15, 0.2) is 0 Å². The smallest absolute Gasteiger partial charge is 0.323 e. The van der Waals surface area contributed by atoms with Crippen LogP contribution >= 0.6 is 11.3 Å². The van der Waals surface area contributed by atoms with Gasteiger partial charge in [-0.2, -0.15) is 0 Å². The molecule has 1 aromatic heterocycles. The van der Waals surface area contributed by atoms with Gasteiger partial charge >= 0.3 is 5.97 Å². The summed E-state index contributed by atoms with van der Waals surface area (Å²) in [4.78, 5) is 28.6. The molecule has 0 radical (unpaired) electrons. The minimum absolute atomic E-state index is 0.0446. The lowest BCUT2D eigenvalue weighted by atomic mass is 10.2. The summed E-state index contributed by atoms with van der Waals surface area (Å²) in [6.45, 7) is 1.79. The van der Waals surface area contributed by atoms with Gasteiger partial charge in [0, 0.05) is 17.8 Å². The van der Waals surface area contributed by atoms with E-state index in [0.29, 0.717) is 6.42 Å². The maximum absolute atomic E-state index is 12.0. The third kappa shape index (κ3) is 4.31. The number of amides is 1. The molecule has 1 amide bonds. The number of rotatable bonds is 7. The molecule has 0 unspecified atom stereocenters. The van der Waals surface area contributed by atoms with Gasteiger partial charge in [0.05, 0.1) is 10.7 Å². The largest absolute Gasteiger partial charge is 0.480 e. The van der Waals surface area contributed by atoms with Crippen LogP contribution < -0.4 is 0 Å². The fourth-order valence-corrected chi connectivity index (χ4v) is 2.69. The Morgan fingerprint density at radius 1 is 1.53 bits per heavy atom. The number of aliphatic carboxylic acids is 1. The normalized spacial score (nSPS) is 14.4. The first-order valence-electron chi connectivity index (χ1n) is 6.48. The van der Waals surface area contributed by atoms with Gasteiger partial charge in [-0.05, 0) is 32.6 Å². The van der Waals surface area contributed by atoms with Gasteiger partial charge in [0.25, 0.3) is 0 Å². The molecule has 0 saturated heterocycles. The standard InChI is InChI=1S/C13H18N2O3S/c1-9-14-10(8-19-9)3-2-4-12(16)15(7-13(17)18)11-5-6-11/h8,11H,2-7H2,1H3,(H,17,18). The number of nitrogens with zero attached hydrogens (tertiary/aromatic N) is 2. The Kier molecular flexibility index (Phi) is 4.52. The lowest BCUT2D eigenvalue weighted by Gasteiger charge is -2.19. The summed E-state index contributed by atoms with van der Waals surface area (Å²) in [5, 5.41) is 11.9. The molecule has 1 N–H and O–H groups in total. The van der Waals surface area contributed by atoms with Gasteiger partial charge in [0.1, 0.15) is 6.54 Å². The van der Waals surface area contributed by atoms with Crippen molar-refractivity contribution < 1.29 is 14.7 Å². The van der Waals surface area contributed by atoms with E-state index >= 15 is 0 Å². The number of carbonyl (C=O) groups is 2. The number of hydrogen-bond acceptors (Lipinski definition) is 4. The molecule has 1 aromatic rings. The van der Waals surface area contributed by atoms with E-state index < -0.39 is 5.97 Å². The van der Waals surface area contributed by atoms with Crippen molar-refractivity contribution in [1.29, 1.82) is 0 Å². The van der Waals surface area contributed by atoms with Crippen LogP contribution in [0.5, 0.6) is 0 Å². The minimum Gasteiger partial charge on any atom is -0.480 e. The van der Waals surface area contributed by atoms with E-state index in [-0.39, 0.29) is 18.5 Å². The SMILES string of the molecule is Cc1nc(CCCC(=O)N(CC(=O)O)C2CC2)cs1. The van der Waals surface area contributed by atoms with Crippen molar-refractivity contribution in [3.8, 4) is 0 Å². The third-order valence-corrected chi connectivity index (χ3v) is 3.93. The highest BCUT2D eigenvalue weighted by Gasteiger charge is 2.33. The Hall–Kier alpha value is -1.43. The molecule has 1 aliphatic carbocycles. The minimum atomic E-state index is -0.935. The second-order valence-corrected chi connectivity index (χ2v) is 5.92. The first kappa shape index (κ1) is 14.0. The Bertz CT molecular complexity index is 468. The van der Waals surface area contributed by atoms with Gasteiger partial charge in [0.2, 0.25) is 5.91 Å². The first-order valence-corrected chi connectivity index (χ1v) is 7.36. The number of carbonyl (C=O) groups excluding carboxylic acids is 1. The van der Waals surface area contributed by atoms with Crippen LogP contribution in [0.15, 0.2) is 5.38 Å². The third-order valence-electron chi connectivity index (χ3n) is 3.10. The number of carboxylic acids is 1. The summed E-state index contributed by atoms with van der Waals surface area (Å²) in [5.41, 5.74) is 1.02. The summed E-state index contributed by atoms with van der Waals surface area (Å²) in [5.74, 6) is -0.979. The zero-order valence-corrected chi connectivity index (χ0v) is 11.8. The van der Waals surface area contributed by atoms with Gasteiger partial charge < -0.3 is 10.0 Å². The van der Waals surface area contributed by atoms with Crippen molar-refractivity contribution in [2.75, 3.05) is 6.54 Å². The Morgan fingerprint density at radius 2 is 2.26 bits per heavy atom. The number of aryl methyl sites for hydroxylation is 2. The molecule has 0 aromatic carbocycles. The molecular formula is C13H18N2O3S. The van der Waals surface area contributed by atoms with Crippen molar-refractivity contribution >= 4 is 23.2 Å². The Labute approximate surface area is 116 Å². The van der Waals surface area contributed by atoms with Crippen LogP contribution in [-0.2, 0) is 16.0 Å². The monoisotopic (exact) mass is 282 g/mol. The van der Waals surface area contributed by atoms with Crippen molar-refractivity contribution in [2.45, 2.75) is 45.1 Å². The molecule has 6 heteroatoms. The lowest BCUT2D eigenvalue weighted by Crippen LogP contribution is -2.37. The van der Waals surface area contributed by atoms with Crippen LogP contribution in [0.1, 0.15) is 36.4 Å². The summed E-state index contributed by atoms with van der Waals surface area (Å²) in [7, 11) is 0.